The maximum Gasteiger partial charge on any atom is 0.277 e. The van der Waals surface area contributed by atoms with Crippen LogP contribution in [0, 0.1) is 19.8 Å². The van der Waals surface area contributed by atoms with E-state index >= 15 is 0 Å². The van der Waals surface area contributed by atoms with Crippen molar-refractivity contribution in [1.29, 1.82) is 0 Å². The van der Waals surface area contributed by atoms with Crippen LogP contribution in [0.3, 0.4) is 0 Å². The van der Waals surface area contributed by atoms with E-state index in [1.54, 1.807) is 0 Å². The topological polar surface area (TPSA) is 161 Å². The molecule has 3 rings (SSSR count). The summed E-state index contributed by atoms with van der Waals surface area (Å²) >= 11 is 0. The summed E-state index contributed by atoms with van der Waals surface area (Å²) in [5.74, 6) is 1.50. The SMILES string of the molecule is CCc1cc(-c2noc(-c3cc(C)nc(N(C)CC(C)C)n3)n2)cc(C)c1OC[C@@H](O)CC(O)C(N)=O. The number of aromatic nitrogens is 4. The number of nitrogens with two attached hydrogens (primary N) is 1. The molecule has 4 N–H and O–H groups in total. The van der Waals surface area contributed by atoms with Crippen LogP contribution < -0.4 is 15.4 Å². The van der Waals surface area contributed by atoms with Crippen LogP contribution in [0.2, 0.25) is 0 Å². The molecular weight excluding hydrogens is 476 g/mol. The number of benzene rings is 1. The van der Waals surface area contributed by atoms with Crippen LogP contribution in [0.1, 0.15) is 44.0 Å². The smallest absolute Gasteiger partial charge is 0.277 e. The molecule has 0 saturated carbocycles. The van der Waals surface area contributed by atoms with Crippen molar-refractivity contribution in [2.45, 2.75) is 59.7 Å². The van der Waals surface area contributed by atoms with Crippen LogP contribution in [0.5, 0.6) is 5.75 Å². The van der Waals surface area contributed by atoms with Gasteiger partial charge in [0.05, 0.1) is 6.10 Å². The number of hydrogen-bond acceptors (Lipinski definition) is 10. The highest BCUT2D eigenvalue weighted by atomic mass is 16.5. The number of primary amides is 1. The molecule has 1 aromatic carbocycles. The molecule has 2 aromatic heterocycles. The Labute approximate surface area is 216 Å². The molecule has 0 bridgehead atoms. The third-order valence-electron chi connectivity index (χ3n) is 5.70. The Bertz CT molecular complexity index is 1230. The summed E-state index contributed by atoms with van der Waals surface area (Å²) in [4.78, 5) is 26.8. The zero-order valence-electron chi connectivity index (χ0n) is 22.2. The molecule has 0 aliphatic heterocycles. The van der Waals surface area contributed by atoms with Gasteiger partial charge in [0.2, 0.25) is 17.7 Å². The fraction of sp³-hybridized carbons (Fsp3) is 0.500. The molecule has 2 atom stereocenters. The summed E-state index contributed by atoms with van der Waals surface area (Å²) in [5, 5.41) is 23.8. The van der Waals surface area contributed by atoms with E-state index in [0.717, 1.165) is 28.9 Å². The number of rotatable bonds is 12. The lowest BCUT2D eigenvalue weighted by Gasteiger charge is -2.19. The van der Waals surface area contributed by atoms with Crippen molar-refractivity contribution in [1.82, 2.24) is 20.1 Å². The Morgan fingerprint density at radius 1 is 1.16 bits per heavy atom. The normalized spacial score (nSPS) is 13.0. The zero-order chi connectivity index (χ0) is 27.3. The first-order valence-electron chi connectivity index (χ1n) is 12.3. The number of nitrogens with zero attached hydrogens (tertiary/aromatic N) is 5. The molecule has 2 heterocycles. The number of anilines is 1. The quantitative estimate of drug-likeness (QED) is 0.329. The average Bonchev–Trinajstić information content (AvgIpc) is 3.32. The molecule has 37 heavy (non-hydrogen) atoms. The second-order valence-corrected chi connectivity index (χ2v) is 9.65. The number of aliphatic hydroxyl groups excluding tert-OH is 2. The summed E-state index contributed by atoms with van der Waals surface area (Å²) in [5.41, 5.74) is 8.86. The van der Waals surface area contributed by atoms with Crippen LogP contribution in [0.15, 0.2) is 22.7 Å². The molecule has 0 saturated heterocycles. The van der Waals surface area contributed by atoms with Crippen LogP contribution >= 0.6 is 0 Å². The first kappa shape index (κ1) is 28.0. The second-order valence-electron chi connectivity index (χ2n) is 9.65. The van der Waals surface area contributed by atoms with Gasteiger partial charge in [-0.2, -0.15) is 4.98 Å². The van der Waals surface area contributed by atoms with Crippen molar-refractivity contribution in [2.75, 3.05) is 25.1 Å². The molecule has 11 nitrogen and oxygen atoms in total. The summed E-state index contributed by atoms with van der Waals surface area (Å²) in [6.07, 6.45) is -2.01. The lowest BCUT2D eigenvalue weighted by atomic mass is 10.0. The molecule has 1 amide bonds. The van der Waals surface area contributed by atoms with Crippen LogP contribution in [0.4, 0.5) is 5.95 Å². The molecule has 0 aliphatic carbocycles. The van der Waals surface area contributed by atoms with Crippen molar-refractivity contribution >= 4 is 11.9 Å². The number of aliphatic hydroxyl groups is 2. The van der Waals surface area contributed by atoms with E-state index in [9.17, 15) is 15.0 Å². The first-order valence-corrected chi connectivity index (χ1v) is 12.3. The van der Waals surface area contributed by atoms with E-state index < -0.39 is 18.1 Å². The molecule has 0 spiro atoms. The van der Waals surface area contributed by atoms with Crippen LogP contribution in [-0.2, 0) is 11.2 Å². The predicted octanol–water partition coefficient (Wildman–Crippen LogP) is 2.44. The largest absolute Gasteiger partial charge is 0.490 e. The highest BCUT2D eigenvalue weighted by Crippen LogP contribution is 2.31. The van der Waals surface area contributed by atoms with Crippen molar-refractivity contribution in [3.63, 3.8) is 0 Å². The van der Waals surface area contributed by atoms with Crippen molar-refractivity contribution in [2.24, 2.45) is 11.7 Å². The summed E-state index contributed by atoms with van der Waals surface area (Å²) < 4.78 is 11.4. The number of ether oxygens (including phenoxy) is 1. The minimum absolute atomic E-state index is 0.0927. The summed E-state index contributed by atoms with van der Waals surface area (Å²) in [6, 6.07) is 5.60. The first-order chi connectivity index (χ1) is 17.5. The van der Waals surface area contributed by atoms with E-state index in [-0.39, 0.29) is 13.0 Å². The lowest BCUT2D eigenvalue weighted by Crippen LogP contribution is -2.33. The lowest BCUT2D eigenvalue weighted by molar-refractivity contribution is -0.127. The van der Waals surface area contributed by atoms with Gasteiger partial charge in [0.25, 0.3) is 5.89 Å². The van der Waals surface area contributed by atoms with Crippen molar-refractivity contribution in [3.05, 3.63) is 35.0 Å². The van der Waals surface area contributed by atoms with Gasteiger partial charge in [-0.25, -0.2) is 9.97 Å². The minimum Gasteiger partial charge on any atom is -0.490 e. The summed E-state index contributed by atoms with van der Waals surface area (Å²) in [6.45, 7) is 10.8. The molecule has 11 heteroatoms. The van der Waals surface area contributed by atoms with Gasteiger partial charge in [-0.1, -0.05) is 25.9 Å². The number of aryl methyl sites for hydroxylation is 3. The third kappa shape index (κ3) is 7.23. The molecule has 0 aliphatic rings. The highest BCUT2D eigenvalue weighted by Gasteiger charge is 2.20. The monoisotopic (exact) mass is 512 g/mol. The van der Waals surface area contributed by atoms with Gasteiger partial charge < -0.3 is 30.1 Å². The molecular formula is C26H36N6O5. The van der Waals surface area contributed by atoms with E-state index in [0.29, 0.717) is 41.4 Å². The van der Waals surface area contributed by atoms with Crippen LogP contribution in [0.25, 0.3) is 23.0 Å². The summed E-state index contributed by atoms with van der Waals surface area (Å²) in [7, 11) is 1.95. The standard InChI is InChI=1S/C26H36N6O5/c1-7-17-10-18(8-15(4)22(17)36-13-19(33)11-21(34)23(27)35)24-30-25(37-31-24)20-9-16(5)28-26(29-20)32(6)12-14(2)3/h8-10,14,19,21,33-34H,7,11-13H2,1-6H3,(H2,27,35)/t19-,21?/m0/s1. The average molecular weight is 513 g/mol. The fourth-order valence-corrected chi connectivity index (χ4v) is 3.97. The van der Waals surface area contributed by atoms with E-state index in [4.69, 9.17) is 15.0 Å². The van der Waals surface area contributed by atoms with Crippen molar-refractivity contribution in [3.8, 4) is 28.7 Å². The number of amides is 1. The van der Waals surface area contributed by atoms with E-state index in [1.807, 2.05) is 50.9 Å². The fourth-order valence-electron chi connectivity index (χ4n) is 3.97. The van der Waals surface area contributed by atoms with E-state index in [2.05, 4.69) is 34.0 Å². The number of carbonyl (C=O) groups excluding carboxylic acids is 1. The second kappa shape index (κ2) is 12.1. The minimum atomic E-state index is -1.43. The van der Waals surface area contributed by atoms with Gasteiger partial charge >= 0.3 is 0 Å². The predicted molar refractivity (Wildman–Crippen MR) is 139 cm³/mol. The molecule has 200 valence electrons. The van der Waals surface area contributed by atoms with Crippen molar-refractivity contribution < 1.29 is 24.3 Å². The van der Waals surface area contributed by atoms with Gasteiger partial charge in [0.15, 0.2) is 0 Å². The van der Waals surface area contributed by atoms with Gasteiger partial charge in [-0.3, -0.25) is 4.79 Å². The number of hydrogen-bond donors (Lipinski definition) is 3. The maximum absolute atomic E-state index is 11.0. The Kier molecular flexibility index (Phi) is 9.17. The zero-order valence-corrected chi connectivity index (χ0v) is 22.2. The maximum atomic E-state index is 11.0. The number of carbonyl (C=O) groups is 1. The van der Waals surface area contributed by atoms with Gasteiger partial charge in [-0.15, -0.1) is 0 Å². The molecule has 3 aromatic rings. The Morgan fingerprint density at radius 3 is 2.54 bits per heavy atom. The highest BCUT2D eigenvalue weighted by molar-refractivity contribution is 5.78. The third-order valence-corrected chi connectivity index (χ3v) is 5.70. The molecule has 1 unspecified atom stereocenters. The van der Waals surface area contributed by atoms with Gasteiger partial charge in [-0.05, 0) is 55.5 Å². The van der Waals surface area contributed by atoms with Crippen LogP contribution in [-0.4, -0.2) is 68.6 Å². The van der Waals surface area contributed by atoms with Gasteiger partial charge in [0.1, 0.15) is 24.2 Å². The Balaban J connectivity index is 1.82. The molecule has 0 fully saturated rings. The Morgan fingerprint density at radius 2 is 1.89 bits per heavy atom. The molecule has 0 radical (unpaired) electrons. The Hall–Kier alpha value is -3.57. The van der Waals surface area contributed by atoms with E-state index in [1.165, 1.54) is 0 Å². The van der Waals surface area contributed by atoms with Gasteiger partial charge in [0, 0.05) is 31.3 Å².